The average molecular weight is 399 g/mol. The Hall–Kier alpha value is -1.36. The highest BCUT2D eigenvalue weighted by Crippen LogP contribution is 2.48. The molecule has 0 fully saturated rings. The molecular formula is C12H16F6NO5P. The van der Waals surface area contributed by atoms with Gasteiger partial charge in [0, 0.05) is 12.1 Å². The Morgan fingerprint density at radius 2 is 1.68 bits per heavy atom. The number of nitrogens with zero attached hydrogens (tertiary/aromatic N) is 1. The molecule has 0 radical (unpaired) electrons. The van der Waals surface area contributed by atoms with Crippen LogP contribution in [-0.2, 0) is 13.9 Å². The van der Waals surface area contributed by atoms with Crippen LogP contribution < -0.4 is 0 Å². The van der Waals surface area contributed by atoms with Gasteiger partial charge in [0.1, 0.15) is 6.61 Å². The van der Waals surface area contributed by atoms with E-state index in [9.17, 15) is 35.7 Å². The molecule has 0 spiro atoms. The molecule has 0 aromatic heterocycles. The van der Waals surface area contributed by atoms with Crippen LogP contribution in [0.1, 0.15) is 6.92 Å². The van der Waals surface area contributed by atoms with Crippen LogP contribution in [-0.4, -0.2) is 58.1 Å². The Bertz CT molecular complexity index is 576. The van der Waals surface area contributed by atoms with Gasteiger partial charge in [-0.3, -0.25) is 9.32 Å². The summed E-state index contributed by atoms with van der Waals surface area (Å²) < 4.78 is 95.0. The van der Waals surface area contributed by atoms with E-state index in [1.54, 1.807) is 0 Å². The molecule has 0 bridgehead atoms. The van der Waals surface area contributed by atoms with Crippen LogP contribution in [0.15, 0.2) is 24.8 Å². The quantitative estimate of drug-likeness (QED) is 0.255. The molecule has 0 aromatic rings. The fraction of sp³-hybridized carbons (Fsp3) is 0.583. The van der Waals surface area contributed by atoms with Crippen LogP contribution in [0.4, 0.5) is 26.3 Å². The first kappa shape index (κ1) is 23.6. The minimum absolute atomic E-state index is 0.128. The largest absolute Gasteiger partial charge is 0.469 e. The number of hydrogen-bond donors (Lipinski definition) is 2. The Kier molecular flexibility index (Phi) is 7.47. The molecule has 0 rings (SSSR count). The van der Waals surface area contributed by atoms with Crippen molar-refractivity contribution in [1.82, 2.24) is 4.90 Å². The Labute approximate surface area is 139 Å². The van der Waals surface area contributed by atoms with E-state index in [4.69, 9.17) is 9.79 Å². The SMILES string of the molecule is C=CCN(CC(F)(F)C(F)(F)C(F)(F)COP(=O)(O)O)C(=O)C(=C)C. The highest BCUT2D eigenvalue weighted by molar-refractivity contribution is 7.46. The van der Waals surface area contributed by atoms with Crippen LogP contribution in [0.3, 0.4) is 0 Å². The third-order valence-corrected chi connectivity index (χ3v) is 3.19. The van der Waals surface area contributed by atoms with Gasteiger partial charge in [-0.2, -0.15) is 26.3 Å². The molecule has 6 nitrogen and oxygen atoms in total. The fourth-order valence-corrected chi connectivity index (χ4v) is 1.84. The first-order chi connectivity index (χ1) is 11.0. The zero-order chi connectivity index (χ0) is 20.3. The van der Waals surface area contributed by atoms with Gasteiger partial charge in [-0.25, -0.2) is 4.57 Å². The first-order valence-corrected chi connectivity index (χ1v) is 7.91. The van der Waals surface area contributed by atoms with Crippen molar-refractivity contribution in [3.05, 3.63) is 24.8 Å². The third kappa shape index (κ3) is 6.14. The number of rotatable bonds is 10. The monoisotopic (exact) mass is 399 g/mol. The molecule has 1 amide bonds. The molecule has 13 heteroatoms. The van der Waals surface area contributed by atoms with Gasteiger partial charge in [0.05, 0.1) is 6.54 Å². The maximum atomic E-state index is 13.8. The fourth-order valence-electron chi connectivity index (χ4n) is 1.51. The number of phosphoric ester groups is 1. The van der Waals surface area contributed by atoms with Crippen LogP contribution in [0.5, 0.6) is 0 Å². The lowest BCUT2D eigenvalue weighted by atomic mass is 10.0. The summed E-state index contributed by atoms with van der Waals surface area (Å²) in [6, 6.07) is 0. The van der Waals surface area contributed by atoms with Crippen molar-refractivity contribution in [2.24, 2.45) is 0 Å². The Balaban J connectivity index is 5.54. The summed E-state index contributed by atoms with van der Waals surface area (Å²) in [6.45, 7) is 1.95. The normalized spacial score (nSPS) is 13.5. The highest BCUT2D eigenvalue weighted by atomic mass is 31.2. The van der Waals surface area contributed by atoms with E-state index in [1.165, 1.54) is 0 Å². The van der Waals surface area contributed by atoms with Crippen molar-refractivity contribution in [2.45, 2.75) is 24.7 Å². The number of amides is 1. The van der Waals surface area contributed by atoms with Crippen LogP contribution in [0.2, 0.25) is 0 Å². The van der Waals surface area contributed by atoms with Crippen molar-refractivity contribution >= 4 is 13.7 Å². The summed E-state index contributed by atoms with van der Waals surface area (Å²) in [6.07, 6.45) is 0.907. The molecule has 146 valence electrons. The second-order valence-electron chi connectivity index (χ2n) is 5.00. The maximum Gasteiger partial charge on any atom is 0.469 e. The third-order valence-electron chi connectivity index (χ3n) is 2.72. The lowest BCUT2D eigenvalue weighted by molar-refractivity contribution is -0.317. The Morgan fingerprint density at radius 1 is 1.20 bits per heavy atom. The summed E-state index contributed by atoms with van der Waals surface area (Å²) in [7, 11) is -5.60. The van der Waals surface area contributed by atoms with Gasteiger partial charge in [0.2, 0.25) is 5.91 Å². The molecule has 0 aliphatic heterocycles. The van der Waals surface area contributed by atoms with Crippen LogP contribution >= 0.6 is 7.82 Å². The highest BCUT2D eigenvalue weighted by Gasteiger charge is 2.72. The van der Waals surface area contributed by atoms with Gasteiger partial charge in [0.15, 0.2) is 0 Å². The van der Waals surface area contributed by atoms with Crippen molar-refractivity contribution in [3.8, 4) is 0 Å². The smallest absolute Gasteiger partial charge is 0.329 e. The number of carbonyl (C=O) groups excluding carboxylic acids is 1. The number of carbonyl (C=O) groups is 1. The summed E-state index contributed by atoms with van der Waals surface area (Å²) in [5.41, 5.74) is -0.308. The van der Waals surface area contributed by atoms with E-state index in [-0.39, 0.29) is 10.5 Å². The van der Waals surface area contributed by atoms with Crippen LogP contribution in [0, 0.1) is 0 Å². The van der Waals surface area contributed by atoms with Crippen molar-refractivity contribution < 1.29 is 50.0 Å². The van der Waals surface area contributed by atoms with Crippen LogP contribution in [0.25, 0.3) is 0 Å². The van der Waals surface area contributed by atoms with E-state index in [2.05, 4.69) is 17.7 Å². The standard InChI is InChI=1S/C12H16F6NO5P/c1-4-5-19(9(20)8(2)3)6-10(13,14)12(17,18)11(15,16)7-24-25(21,22)23/h4H,1-2,5-7H2,3H3,(H2,21,22,23). The van der Waals surface area contributed by atoms with E-state index in [1.807, 2.05) is 0 Å². The van der Waals surface area contributed by atoms with Gasteiger partial charge in [-0.05, 0) is 6.92 Å². The summed E-state index contributed by atoms with van der Waals surface area (Å²) >= 11 is 0. The molecule has 0 atom stereocenters. The maximum absolute atomic E-state index is 13.8. The van der Waals surface area contributed by atoms with E-state index >= 15 is 0 Å². The Morgan fingerprint density at radius 3 is 2.04 bits per heavy atom. The number of alkyl halides is 6. The lowest BCUT2D eigenvalue weighted by Gasteiger charge is -2.35. The van der Waals surface area contributed by atoms with Crippen molar-refractivity contribution in [3.63, 3.8) is 0 Å². The van der Waals surface area contributed by atoms with Crippen molar-refractivity contribution in [1.29, 1.82) is 0 Å². The number of hydrogen-bond acceptors (Lipinski definition) is 3. The van der Waals surface area contributed by atoms with Gasteiger partial charge >= 0.3 is 25.6 Å². The molecule has 0 unspecified atom stereocenters. The first-order valence-electron chi connectivity index (χ1n) is 6.38. The molecule has 0 aromatic carbocycles. The summed E-state index contributed by atoms with van der Waals surface area (Å²) in [5, 5.41) is 0. The van der Waals surface area contributed by atoms with E-state index < -0.39 is 51.2 Å². The molecule has 25 heavy (non-hydrogen) atoms. The topological polar surface area (TPSA) is 87.1 Å². The summed E-state index contributed by atoms with van der Waals surface area (Å²) in [5.74, 6) is -18.4. The number of halogens is 6. The average Bonchev–Trinajstić information content (AvgIpc) is 2.42. The minimum atomic E-state index is -6.08. The van der Waals surface area contributed by atoms with Gasteiger partial charge in [-0.15, -0.1) is 6.58 Å². The molecule has 0 aliphatic carbocycles. The van der Waals surface area contributed by atoms with Gasteiger partial charge in [0.25, 0.3) is 0 Å². The zero-order valence-corrected chi connectivity index (χ0v) is 13.8. The molecule has 2 N–H and O–H groups in total. The molecule has 0 saturated heterocycles. The second-order valence-corrected chi connectivity index (χ2v) is 6.24. The molecule has 0 saturated carbocycles. The molecule has 0 heterocycles. The van der Waals surface area contributed by atoms with Gasteiger partial charge in [-0.1, -0.05) is 12.7 Å². The molecular weight excluding hydrogens is 383 g/mol. The summed E-state index contributed by atoms with van der Waals surface area (Å²) in [4.78, 5) is 28.3. The second kappa shape index (κ2) is 7.90. The van der Waals surface area contributed by atoms with Gasteiger partial charge < -0.3 is 14.7 Å². The van der Waals surface area contributed by atoms with E-state index in [0.717, 1.165) is 13.0 Å². The molecule has 0 aliphatic rings. The van der Waals surface area contributed by atoms with Crippen molar-refractivity contribution in [2.75, 3.05) is 19.7 Å². The van der Waals surface area contributed by atoms with E-state index in [0.29, 0.717) is 0 Å². The predicted octanol–water partition coefficient (Wildman–Crippen LogP) is 2.59. The lowest BCUT2D eigenvalue weighted by Crippen LogP contribution is -2.60. The number of phosphoric acid groups is 1. The predicted molar refractivity (Wildman–Crippen MR) is 74.4 cm³/mol. The minimum Gasteiger partial charge on any atom is -0.329 e. The zero-order valence-electron chi connectivity index (χ0n) is 12.9.